The van der Waals surface area contributed by atoms with Gasteiger partial charge in [-0.25, -0.2) is 0 Å². The number of nitrogens with zero attached hydrogens (tertiary/aromatic N) is 1. The van der Waals surface area contributed by atoms with E-state index in [1.54, 1.807) is 12.3 Å². The van der Waals surface area contributed by atoms with Gasteiger partial charge in [-0.2, -0.15) is 0 Å². The van der Waals surface area contributed by atoms with Gasteiger partial charge in [0.15, 0.2) is 5.84 Å². The minimum atomic E-state index is -0.790. The fourth-order valence-corrected chi connectivity index (χ4v) is 1.85. The Morgan fingerprint density at radius 2 is 2.24 bits per heavy atom. The monoisotopic (exact) mass is 255 g/mol. The van der Waals surface area contributed by atoms with E-state index in [2.05, 4.69) is 10.5 Å². The highest BCUT2D eigenvalue weighted by Gasteiger charge is 2.05. The number of benzene rings is 1. The summed E-state index contributed by atoms with van der Waals surface area (Å²) in [5, 5.41) is 14.8. The molecular weight excluding hydrogens is 238 g/mol. The molecule has 0 aliphatic rings. The minimum absolute atomic E-state index is 0.0986. The van der Waals surface area contributed by atoms with E-state index in [0.717, 1.165) is 5.56 Å². The Kier molecular flexibility index (Phi) is 5.65. The lowest BCUT2D eigenvalue weighted by atomic mass is 10.1. The van der Waals surface area contributed by atoms with Gasteiger partial charge in [0, 0.05) is 41.5 Å². The second-order valence-electron chi connectivity index (χ2n) is 3.60. The van der Waals surface area contributed by atoms with Crippen molar-refractivity contribution in [1.29, 1.82) is 0 Å². The van der Waals surface area contributed by atoms with Crippen molar-refractivity contribution in [3.05, 3.63) is 35.4 Å². The Bertz CT molecular complexity index is 421. The molecule has 4 N–H and O–H groups in total. The van der Waals surface area contributed by atoms with Gasteiger partial charge >= 0.3 is 0 Å². The zero-order valence-electron chi connectivity index (χ0n) is 9.72. The van der Waals surface area contributed by atoms with Gasteiger partial charge in [0.1, 0.15) is 0 Å². The first-order chi connectivity index (χ1) is 8.15. The maximum Gasteiger partial charge on any atom is 0.170 e. The van der Waals surface area contributed by atoms with Crippen LogP contribution in [0.3, 0.4) is 0 Å². The zero-order valence-corrected chi connectivity index (χ0v) is 10.5. The highest BCUT2D eigenvalue weighted by atomic mass is 32.2. The highest BCUT2D eigenvalue weighted by Crippen LogP contribution is 2.07. The van der Waals surface area contributed by atoms with E-state index in [4.69, 9.17) is 10.9 Å². The van der Waals surface area contributed by atoms with E-state index < -0.39 is 10.8 Å². The average molecular weight is 255 g/mol. The molecule has 0 aliphatic carbocycles. The van der Waals surface area contributed by atoms with Crippen molar-refractivity contribution in [2.45, 2.75) is 6.54 Å². The molecule has 0 aliphatic heterocycles. The predicted octanol–water partition coefficient (Wildman–Crippen LogP) is 0.249. The average Bonchev–Trinajstić information content (AvgIpc) is 2.34. The molecule has 0 bridgehead atoms. The van der Waals surface area contributed by atoms with Crippen molar-refractivity contribution in [3.63, 3.8) is 0 Å². The van der Waals surface area contributed by atoms with Crippen LogP contribution in [0.15, 0.2) is 29.4 Å². The SMILES string of the molecule is CS(=O)CCNCc1ccccc1/C(N)=N/O. The van der Waals surface area contributed by atoms with Crippen LogP contribution in [0.25, 0.3) is 0 Å². The number of nitrogens with two attached hydrogens (primary N) is 1. The molecule has 0 saturated heterocycles. The predicted molar refractivity (Wildman–Crippen MR) is 69.6 cm³/mol. The molecule has 1 rings (SSSR count). The second-order valence-corrected chi connectivity index (χ2v) is 5.15. The van der Waals surface area contributed by atoms with Crippen LogP contribution in [0.5, 0.6) is 0 Å². The van der Waals surface area contributed by atoms with Gasteiger partial charge in [0.05, 0.1) is 0 Å². The Balaban J connectivity index is 2.61. The maximum atomic E-state index is 10.9. The van der Waals surface area contributed by atoms with Crippen LogP contribution in [0.2, 0.25) is 0 Å². The smallest absolute Gasteiger partial charge is 0.170 e. The van der Waals surface area contributed by atoms with Crippen molar-refractivity contribution in [2.24, 2.45) is 10.9 Å². The van der Waals surface area contributed by atoms with Gasteiger partial charge < -0.3 is 16.3 Å². The van der Waals surface area contributed by atoms with Crippen molar-refractivity contribution in [3.8, 4) is 0 Å². The van der Waals surface area contributed by atoms with Crippen LogP contribution in [0, 0.1) is 0 Å². The van der Waals surface area contributed by atoms with Crippen LogP contribution in [0.1, 0.15) is 11.1 Å². The first-order valence-electron chi connectivity index (χ1n) is 5.21. The van der Waals surface area contributed by atoms with Crippen molar-refractivity contribution < 1.29 is 9.42 Å². The van der Waals surface area contributed by atoms with Crippen molar-refractivity contribution >= 4 is 16.6 Å². The largest absolute Gasteiger partial charge is 0.409 e. The lowest BCUT2D eigenvalue weighted by Gasteiger charge is -2.08. The first kappa shape index (κ1) is 13.7. The summed E-state index contributed by atoms with van der Waals surface area (Å²) in [6.07, 6.45) is 1.67. The standard InChI is InChI=1S/C11H17N3O2S/c1-17(16)7-6-13-8-9-4-2-3-5-10(9)11(12)14-15/h2-5,13,15H,6-8H2,1H3,(H2,12,14). The minimum Gasteiger partial charge on any atom is -0.409 e. The molecule has 0 aromatic heterocycles. The molecule has 0 fully saturated rings. The summed E-state index contributed by atoms with van der Waals surface area (Å²) in [6, 6.07) is 7.43. The highest BCUT2D eigenvalue weighted by molar-refractivity contribution is 7.84. The molecule has 0 saturated carbocycles. The zero-order chi connectivity index (χ0) is 12.7. The summed E-state index contributed by atoms with van der Waals surface area (Å²) in [4.78, 5) is 0. The number of rotatable bonds is 6. The van der Waals surface area contributed by atoms with Gasteiger partial charge in [0.25, 0.3) is 0 Å². The lowest BCUT2D eigenvalue weighted by molar-refractivity contribution is 0.318. The molecule has 0 amide bonds. The quantitative estimate of drug-likeness (QED) is 0.223. The molecule has 1 atom stereocenters. The van der Waals surface area contributed by atoms with Gasteiger partial charge in [-0.1, -0.05) is 29.4 Å². The van der Waals surface area contributed by atoms with Crippen LogP contribution in [0.4, 0.5) is 0 Å². The molecule has 1 aromatic carbocycles. The molecule has 0 radical (unpaired) electrons. The van der Waals surface area contributed by atoms with Gasteiger partial charge in [-0.3, -0.25) is 4.21 Å². The molecule has 0 spiro atoms. The third-order valence-corrected chi connectivity index (χ3v) is 3.06. The number of nitrogens with one attached hydrogen (secondary N) is 1. The van der Waals surface area contributed by atoms with Gasteiger partial charge in [-0.15, -0.1) is 0 Å². The number of amidine groups is 1. The van der Waals surface area contributed by atoms with Gasteiger partial charge in [-0.05, 0) is 5.56 Å². The van der Waals surface area contributed by atoms with Crippen LogP contribution < -0.4 is 11.1 Å². The summed E-state index contributed by atoms with van der Waals surface area (Å²) >= 11 is 0. The van der Waals surface area contributed by atoms with E-state index in [1.807, 2.05) is 18.2 Å². The summed E-state index contributed by atoms with van der Waals surface area (Å²) in [7, 11) is -0.790. The molecule has 1 aromatic rings. The maximum absolute atomic E-state index is 10.9. The van der Waals surface area contributed by atoms with Crippen LogP contribution in [-0.2, 0) is 17.3 Å². The molecule has 5 nitrogen and oxygen atoms in total. The van der Waals surface area contributed by atoms with E-state index in [-0.39, 0.29) is 5.84 Å². The Hall–Kier alpha value is -1.40. The fraction of sp³-hybridized carbons (Fsp3) is 0.364. The topological polar surface area (TPSA) is 87.7 Å². The summed E-state index contributed by atoms with van der Waals surface area (Å²) in [5.74, 6) is 0.715. The van der Waals surface area contributed by atoms with Crippen molar-refractivity contribution in [2.75, 3.05) is 18.6 Å². The Morgan fingerprint density at radius 1 is 1.53 bits per heavy atom. The van der Waals surface area contributed by atoms with Crippen molar-refractivity contribution in [1.82, 2.24) is 5.32 Å². The van der Waals surface area contributed by atoms with E-state index >= 15 is 0 Å². The third kappa shape index (κ3) is 4.54. The van der Waals surface area contributed by atoms with E-state index in [1.165, 1.54) is 0 Å². The Labute approximate surface area is 103 Å². The van der Waals surface area contributed by atoms with Gasteiger partial charge in [0.2, 0.25) is 0 Å². The molecule has 0 heterocycles. The summed E-state index contributed by atoms with van der Waals surface area (Å²) in [6.45, 7) is 1.28. The third-order valence-electron chi connectivity index (χ3n) is 2.28. The molecule has 6 heteroatoms. The molecule has 1 unspecified atom stereocenters. The summed E-state index contributed by atoms with van der Waals surface area (Å²) in [5.41, 5.74) is 7.23. The van der Waals surface area contributed by atoms with E-state index in [0.29, 0.717) is 24.4 Å². The number of hydrogen-bond acceptors (Lipinski definition) is 4. The lowest BCUT2D eigenvalue weighted by Crippen LogP contribution is -2.22. The molecule has 94 valence electrons. The first-order valence-corrected chi connectivity index (χ1v) is 6.94. The van der Waals surface area contributed by atoms with Crippen LogP contribution in [-0.4, -0.2) is 33.8 Å². The van der Waals surface area contributed by atoms with E-state index in [9.17, 15) is 4.21 Å². The molecular formula is C11H17N3O2S. The van der Waals surface area contributed by atoms with Crippen LogP contribution >= 0.6 is 0 Å². The fourth-order valence-electron chi connectivity index (χ4n) is 1.42. The normalized spacial score (nSPS) is 13.6. The number of oxime groups is 1. The molecule has 17 heavy (non-hydrogen) atoms. The Morgan fingerprint density at radius 3 is 2.88 bits per heavy atom. The number of hydrogen-bond donors (Lipinski definition) is 3. The summed E-state index contributed by atoms with van der Waals surface area (Å²) < 4.78 is 10.9. The second kappa shape index (κ2) is 7.03.